The molecule has 2 aromatic carbocycles. The third-order valence-corrected chi connectivity index (χ3v) is 4.30. The monoisotopic (exact) mass is 321 g/mol. The Labute approximate surface area is 129 Å². The molecule has 1 amide bonds. The van der Waals surface area contributed by atoms with Crippen LogP contribution in [0.5, 0.6) is 0 Å². The van der Waals surface area contributed by atoms with Crippen molar-refractivity contribution in [2.24, 2.45) is 0 Å². The molecule has 22 heavy (non-hydrogen) atoms. The standard InChI is InChI=1S/C16H16FNO3S/c1-18(11-12-6-8-14(17)9-7-12)16(19)13-4-3-5-15(10-13)22(2,20)21/h3-10H,11H2,1-2H3. The number of amides is 1. The number of hydrogen-bond acceptors (Lipinski definition) is 3. The van der Waals surface area contributed by atoms with Gasteiger partial charge in [0.15, 0.2) is 9.84 Å². The average molecular weight is 321 g/mol. The molecule has 0 heterocycles. The highest BCUT2D eigenvalue weighted by atomic mass is 32.2. The van der Waals surface area contributed by atoms with E-state index >= 15 is 0 Å². The predicted octanol–water partition coefficient (Wildman–Crippen LogP) is 2.50. The van der Waals surface area contributed by atoms with E-state index in [1.807, 2.05) is 0 Å². The van der Waals surface area contributed by atoms with Gasteiger partial charge in [-0.25, -0.2) is 12.8 Å². The first-order valence-corrected chi connectivity index (χ1v) is 8.46. The number of benzene rings is 2. The Morgan fingerprint density at radius 3 is 2.36 bits per heavy atom. The van der Waals surface area contributed by atoms with Crippen molar-refractivity contribution in [3.63, 3.8) is 0 Å². The Bertz CT molecular complexity index is 785. The van der Waals surface area contributed by atoms with E-state index in [1.54, 1.807) is 25.2 Å². The number of halogens is 1. The maximum Gasteiger partial charge on any atom is 0.253 e. The van der Waals surface area contributed by atoms with E-state index in [-0.39, 0.29) is 16.6 Å². The molecule has 0 fully saturated rings. The van der Waals surface area contributed by atoms with Crippen LogP contribution in [0.1, 0.15) is 15.9 Å². The fraction of sp³-hybridized carbons (Fsp3) is 0.188. The van der Waals surface area contributed by atoms with Crippen LogP contribution in [0.3, 0.4) is 0 Å². The SMILES string of the molecule is CN(Cc1ccc(F)cc1)C(=O)c1cccc(S(C)(=O)=O)c1. The molecule has 0 saturated carbocycles. The van der Waals surface area contributed by atoms with Gasteiger partial charge in [-0.05, 0) is 35.9 Å². The molecule has 0 aliphatic rings. The van der Waals surface area contributed by atoms with Gasteiger partial charge in [-0.15, -0.1) is 0 Å². The first kappa shape index (κ1) is 16.2. The van der Waals surface area contributed by atoms with E-state index in [0.717, 1.165) is 11.8 Å². The number of rotatable bonds is 4. The number of carbonyl (C=O) groups excluding carboxylic acids is 1. The highest BCUT2D eigenvalue weighted by Crippen LogP contribution is 2.14. The van der Waals surface area contributed by atoms with Gasteiger partial charge in [-0.1, -0.05) is 18.2 Å². The minimum absolute atomic E-state index is 0.105. The maximum absolute atomic E-state index is 12.9. The smallest absolute Gasteiger partial charge is 0.253 e. The molecule has 0 aromatic heterocycles. The van der Waals surface area contributed by atoms with Gasteiger partial charge in [0.05, 0.1) is 4.90 Å². The first-order chi connectivity index (χ1) is 10.3. The molecular weight excluding hydrogens is 305 g/mol. The van der Waals surface area contributed by atoms with E-state index in [4.69, 9.17) is 0 Å². The Hall–Kier alpha value is -2.21. The van der Waals surface area contributed by atoms with Gasteiger partial charge >= 0.3 is 0 Å². The van der Waals surface area contributed by atoms with Crippen molar-refractivity contribution in [2.45, 2.75) is 11.4 Å². The molecule has 2 rings (SSSR count). The summed E-state index contributed by atoms with van der Waals surface area (Å²) in [5, 5.41) is 0. The van der Waals surface area contributed by atoms with Crippen molar-refractivity contribution < 1.29 is 17.6 Å². The molecule has 4 nitrogen and oxygen atoms in total. The Morgan fingerprint density at radius 2 is 1.77 bits per heavy atom. The van der Waals surface area contributed by atoms with E-state index in [1.165, 1.54) is 35.2 Å². The molecule has 116 valence electrons. The van der Waals surface area contributed by atoms with Crippen LogP contribution in [0.4, 0.5) is 4.39 Å². The Kier molecular flexibility index (Phi) is 4.61. The highest BCUT2D eigenvalue weighted by molar-refractivity contribution is 7.90. The lowest BCUT2D eigenvalue weighted by Gasteiger charge is -2.17. The molecule has 2 aromatic rings. The van der Waals surface area contributed by atoms with E-state index in [0.29, 0.717) is 12.1 Å². The summed E-state index contributed by atoms with van der Waals surface area (Å²) in [5.41, 5.74) is 1.09. The van der Waals surface area contributed by atoms with Gasteiger partial charge in [0.25, 0.3) is 5.91 Å². The van der Waals surface area contributed by atoms with Crippen molar-refractivity contribution >= 4 is 15.7 Å². The lowest BCUT2D eigenvalue weighted by Crippen LogP contribution is -2.26. The first-order valence-electron chi connectivity index (χ1n) is 6.57. The quantitative estimate of drug-likeness (QED) is 0.869. The minimum atomic E-state index is -3.36. The minimum Gasteiger partial charge on any atom is -0.337 e. The van der Waals surface area contributed by atoms with Crippen molar-refractivity contribution in [1.82, 2.24) is 4.90 Å². The number of nitrogens with zero attached hydrogens (tertiary/aromatic N) is 1. The largest absolute Gasteiger partial charge is 0.337 e. The van der Waals surface area contributed by atoms with Gasteiger partial charge in [0.2, 0.25) is 0 Å². The van der Waals surface area contributed by atoms with Crippen molar-refractivity contribution in [3.05, 3.63) is 65.5 Å². The van der Waals surface area contributed by atoms with Crippen LogP contribution in [0.15, 0.2) is 53.4 Å². The second-order valence-corrected chi connectivity index (χ2v) is 7.10. The lowest BCUT2D eigenvalue weighted by atomic mass is 10.1. The summed E-state index contributed by atoms with van der Waals surface area (Å²) >= 11 is 0. The fourth-order valence-corrected chi connectivity index (χ4v) is 2.68. The van der Waals surface area contributed by atoms with Crippen molar-refractivity contribution in [3.8, 4) is 0 Å². The van der Waals surface area contributed by atoms with E-state index in [9.17, 15) is 17.6 Å². The Morgan fingerprint density at radius 1 is 1.14 bits per heavy atom. The van der Waals surface area contributed by atoms with Gasteiger partial charge < -0.3 is 4.90 Å². The van der Waals surface area contributed by atoms with Crippen LogP contribution in [0.2, 0.25) is 0 Å². The molecule has 0 radical (unpaired) electrons. The van der Waals surface area contributed by atoms with E-state index < -0.39 is 9.84 Å². The van der Waals surface area contributed by atoms with Crippen LogP contribution >= 0.6 is 0 Å². The third kappa shape index (κ3) is 3.92. The van der Waals surface area contributed by atoms with Gasteiger partial charge in [0.1, 0.15) is 5.82 Å². The summed E-state index contributed by atoms with van der Waals surface area (Å²) in [7, 11) is -1.75. The molecular formula is C16H16FNO3S. The molecule has 0 aliphatic carbocycles. The molecule has 0 spiro atoms. The summed E-state index contributed by atoms with van der Waals surface area (Å²) < 4.78 is 35.9. The van der Waals surface area contributed by atoms with Crippen molar-refractivity contribution in [1.29, 1.82) is 0 Å². The molecule has 0 atom stereocenters. The molecule has 0 bridgehead atoms. The Balaban J connectivity index is 2.18. The van der Waals surface area contributed by atoms with Gasteiger partial charge in [-0.2, -0.15) is 0 Å². The molecule has 0 aliphatic heterocycles. The molecule has 0 N–H and O–H groups in total. The average Bonchev–Trinajstić information content (AvgIpc) is 2.48. The maximum atomic E-state index is 12.9. The van der Waals surface area contributed by atoms with Crippen LogP contribution in [-0.4, -0.2) is 32.5 Å². The second kappa shape index (κ2) is 6.27. The topological polar surface area (TPSA) is 54.5 Å². The highest BCUT2D eigenvalue weighted by Gasteiger charge is 2.15. The van der Waals surface area contributed by atoms with E-state index in [2.05, 4.69) is 0 Å². The normalized spacial score (nSPS) is 11.2. The molecule has 0 saturated heterocycles. The van der Waals surface area contributed by atoms with Crippen LogP contribution < -0.4 is 0 Å². The molecule has 0 unspecified atom stereocenters. The fourth-order valence-electron chi connectivity index (χ4n) is 2.02. The zero-order valence-corrected chi connectivity index (χ0v) is 13.1. The van der Waals surface area contributed by atoms with Crippen molar-refractivity contribution in [2.75, 3.05) is 13.3 Å². The zero-order valence-electron chi connectivity index (χ0n) is 12.3. The number of hydrogen-bond donors (Lipinski definition) is 0. The second-order valence-electron chi connectivity index (χ2n) is 5.09. The number of sulfone groups is 1. The van der Waals surface area contributed by atoms with Crippen LogP contribution in [0, 0.1) is 5.82 Å². The molecule has 6 heteroatoms. The summed E-state index contributed by atoms with van der Waals surface area (Å²) in [6.07, 6.45) is 1.10. The summed E-state index contributed by atoms with van der Waals surface area (Å²) in [5.74, 6) is -0.631. The number of carbonyl (C=O) groups is 1. The predicted molar refractivity (Wildman–Crippen MR) is 81.7 cm³/mol. The van der Waals surface area contributed by atoms with Gasteiger partial charge in [-0.3, -0.25) is 4.79 Å². The van der Waals surface area contributed by atoms with Gasteiger partial charge in [0, 0.05) is 25.4 Å². The van der Waals surface area contributed by atoms with Crippen LogP contribution in [0.25, 0.3) is 0 Å². The lowest BCUT2D eigenvalue weighted by molar-refractivity contribution is 0.0785. The summed E-state index contributed by atoms with van der Waals surface area (Å²) in [4.78, 5) is 13.9. The summed E-state index contributed by atoms with van der Waals surface area (Å²) in [6.45, 7) is 0.308. The van der Waals surface area contributed by atoms with Crippen LogP contribution in [-0.2, 0) is 16.4 Å². The zero-order chi connectivity index (χ0) is 16.3. The summed E-state index contributed by atoms with van der Waals surface area (Å²) in [6, 6.07) is 11.8. The third-order valence-electron chi connectivity index (χ3n) is 3.19.